The van der Waals surface area contributed by atoms with E-state index in [2.05, 4.69) is 36.9 Å². The molecule has 9 aromatic rings. The van der Waals surface area contributed by atoms with Gasteiger partial charge in [-0.1, -0.05) is 132 Å². The minimum atomic E-state index is -0.849. The lowest BCUT2D eigenvalue weighted by Crippen LogP contribution is -2.35. The number of pyridine rings is 2. The van der Waals surface area contributed by atoms with Crippen LogP contribution in [0.5, 0.6) is 0 Å². The number of nitrogen functional groups attached to an aromatic ring is 2. The first kappa shape index (κ1) is 56.7. The van der Waals surface area contributed by atoms with Crippen LogP contribution in [0.1, 0.15) is 56.0 Å². The molecule has 0 unspecified atom stereocenters. The quantitative estimate of drug-likeness (QED) is 0.0524. The Hall–Kier alpha value is -6.99. The second kappa shape index (κ2) is 27.2. The molecule has 0 amide bonds. The molecular weight excluding hydrogens is 1070 g/mol. The molecule has 0 bridgehead atoms. The molecule has 4 aromatic carbocycles. The molecular formula is C56H49Cl2N11O3S4. The van der Waals surface area contributed by atoms with Crippen molar-refractivity contribution in [1.29, 1.82) is 10.5 Å². The molecule has 384 valence electrons. The summed E-state index contributed by atoms with van der Waals surface area (Å²) >= 11 is 17.9. The van der Waals surface area contributed by atoms with E-state index in [1.54, 1.807) is 36.5 Å². The van der Waals surface area contributed by atoms with Gasteiger partial charge in [0.1, 0.15) is 49.7 Å². The summed E-state index contributed by atoms with van der Waals surface area (Å²) in [6, 6.07) is 38.7. The minimum Gasteiger partial charge on any atom is -0.392 e. The number of benzene rings is 4. The SMILES string of the molecule is CCOC(C)(OCC)OCC.Cc1nc(N)c2c(-c3ccccc3)c(C#N)c(SCc3csc(-c4ccc(Cl)cc4)n3)nc2n1.[C-]#[N+]c1c(N)nc(SCc2csc(-c3ccc(Cl)cc3)n2)c(C#N)c1-c1ccccc1. The van der Waals surface area contributed by atoms with Gasteiger partial charge in [-0.05, 0) is 63.1 Å². The van der Waals surface area contributed by atoms with Crippen molar-refractivity contribution in [2.45, 2.75) is 62.1 Å². The maximum Gasteiger partial charge on any atom is 0.279 e. The summed E-state index contributed by atoms with van der Waals surface area (Å²) in [6.45, 7) is 18.6. The predicted octanol–water partition coefficient (Wildman–Crippen LogP) is 15.1. The number of fused-ring (bicyclic) bond motifs is 1. The van der Waals surface area contributed by atoms with Gasteiger partial charge >= 0.3 is 0 Å². The lowest BCUT2D eigenvalue weighted by atomic mass is 9.98. The van der Waals surface area contributed by atoms with Crippen LogP contribution >= 0.6 is 69.4 Å². The van der Waals surface area contributed by atoms with Crippen molar-refractivity contribution in [3.8, 4) is 55.5 Å². The molecule has 0 saturated heterocycles. The number of halogens is 2. The van der Waals surface area contributed by atoms with Crippen LogP contribution in [0.2, 0.25) is 10.0 Å². The van der Waals surface area contributed by atoms with Crippen LogP contribution in [0.25, 0.3) is 59.3 Å². The van der Waals surface area contributed by atoms with E-state index < -0.39 is 5.97 Å². The average Bonchev–Trinajstić information content (AvgIpc) is 4.13. The Balaban J connectivity index is 0.000000186. The summed E-state index contributed by atoms with van der Waals surface area (Å²) < 4.78 is 15.8. The topological polar surface area (TPSA) is 209 Å². The number of thioether (sulfide) groups is 2. The molecule has 0 aliphatic heterocycles. The molecule has 0 fully saturated rings. The van der Waals surface area contributed by atoms with Crippen molar-refractivity contribution < 1.29 is 14.2 Å². The monoisotopic (exact) mass is 1120 g/mol. The second-order valence-corrected chi connectivity index (χ2v) is 20.5. The Bertz CT molecular complexity index is 3530. The number of aryl methyl sites for hydroxylation is 1. The highest BCUT2D eigenvalue weighted by atomic mass is 35.5. The fraction of sp³-hybridized carbons (Fsp3) is 0.196. The van der Waals surface area contributed by atoms with E-state index in [1.807, 2.05) is 141 Å². The van der Waals surface area contributed by atoms with Crippen molar-refractivity contribution in [3.05, 3.63) is 170 Å². The van der Waals surface area contributed by atoms with Crippen LogP contribution < -0.4 is 11.5 Å². The maximum absolute atomic E-state index is 10.1. The third-order valence-electron chi connectivity index (χ3n) is 10.8. The predicted molar refractivity (Wildman–Crippen MR) is 309 cm³/mol. The largest absolute Gasteiger partial charge is 0.392 e. The lowest BCUT2D eigenvalue weighted by Gasteiger charge is -2.27. The van der Waals surface area contributed by atoms with E-state index in [0.717, 1.165) is 43.7 Å². The fourth-order valence-electron chi connectivity index (χ4n) is 7.56. The van der Waals surface area contributed by atoms with Crippen LogP contribution in [0.3, 0.4) is 0 Å². The van der Waals surface area contributed by atoms with Crippen molar-refractivity contribution >= 4 is 97.8 Å². The van der Waals surface area contributed by atoms with E-state index in [4.69, 9.17) is 65.4 Å². The number of aromatic nitrogens is 6. The van der Waals surface area contributed by atoms with Gasteiger partial charge in [-0.2, -0.15) is 10.5 Å². The van der Waals surface area contributed by atoms with Gasteiger partial charge in [0, 0.05) is 81.3 Å². The Kier molecular flexibility index (Phi) is 20.3. The number of thiazole rings is 2. The van der Waals surface area contributed by atoms with Gasteiger partial charge in [0.2, 0.25) is 5.69 Å². The molecule has 0 aliphatic carbocycles. The van der Waals surface area contributed by atoms with Crippen LogP contribution in [-0.4, -0.2) is 55.7 Å². The number of rotatable bonds is 16. The molecule has 0 radical (unpaired) electrons. The highest BCUT2D eigenvalue weighted by Crippen LogP contribution is 2.43. The van der Waals surface area contributed by atoms with Crippen LogP contribution in [0, 0.1) is 36.2 Å². The van der Waals surface area contributed by atoms with Gasteiger partial charge in [-0.25, -0.2) is 34.7 Å². The van der Waals surface area contributed by atoms with Gasteiger partial charge in [0.15, 0.2) is 5.65 Å². The van der Waals surface area contributed by atoms with Crippen LogP contribution in [0.15, 0.2) is 130 Å². The smallest absolute Gasteiger partial charge is 0.279 e. The first-order valence-electron chi connectivity index (χ1n) is 23.5. The van der Waals surface area contributed by atoms with E-state index in [1.165, 1.54) is 23.5 Å². The van der Waals surface area contributed by atoms with E-state index in [0.29, 0.717) is 96.4 Å². The normalized spacial score (nSPS) is 10.9. The first-order valence-corrected chi connectivity index (χ1v) is 28.0. The van der Waals surface area contributed by atoms with Crippen molar-refractivity contribution in [2.24, 2.45) is 0 Å². The Labute approximate surface area is 467 Å². The molecule has 5 aromatic heterocycles. The summed E-state index contributed by atoms with van der Waals surface area (Å²) in [4.78, 5) is 30.9. The van der Waals surface area contributed by atoms with Gasteiger partial charge in [0.05, 0.1) is 34.5 Å². The molecule has 4 N–H and O–H groups in total. The Morgan fingerprint density at radius 2 is 1.05 bits per heavy atom. The fourth-order valence-corrected chi connectivity index (χ4v) is 11.4. The third-order valence-corrected chi connectivity index (χ3v) is 15.2. The first-order chi connectivity index (χ1) is 36.8. The Morgan fingerprint density at radius 1 is 0.605 bits per heavy atom. The Morgan fingerprint density at radius 3 is 1.50 bits per heavy atom. The highest BCUT2D eigenvalue weighted by Gasteiger charge is 2.25. The maximum atomic E-state index is 10.1. The number of hydrogen-bond acceptors (Lipinski definition) is 17. The highest BCUT2D eigenvalue weighted by molar-refractivity contribution is 7.98. The molecule has 5 heterocycles. The zero-order valence-corrected chi connectivity index (χ0v) is 46.7. The number of hydrogen-bond donors (Lipinski definition) is 2. The van der Waals surface area contributed by atoms with Crippen LogP contribution in [0.4, 0.5) is 17.3 Å². The molecule has 14 nitrogen and oxygen atoms in total. The van der Waals surface area contributed by atoms with Gasteiger partial charge < -0.3 is 25.7 Å². The summed E-state index contributed by atoms with van der Waals surface area (Å²) in [5.74, 6) is 1.20. The van der Waals surface area contributed by atoms with E-state index in [9.17, 15) is 10.5 Å². The molecule has 0 spiro atoms. The lowest BCUT2D eigenvalue weighted by molar-refractivity contribution is -0.365. The van der Waals surface area contributed by atoms with Gasteiger partial charge in [-0.3, -0.25) is 0 Å². The average molecular weight is 1120 g/mol. The van der Waals surface area contributed by atoms with E-state index in [-0.39, 0.29) is 11.5 Å². The second-order valence-electron chi connectivity index (χ2n) is 16.0. The number of ether oxygens (including phenoxy) is 3. The summed E-state index contributed by atoms with van der Waals surface area (Å²) in [6.07, 6.45) is 0. The van der Waals surface area contributed by atoms with Crippen molar-refractivity contribution in [1.82, 2.24) is 29.9 Å². The molecule has 76 heavy (non-hydrogen) atoms. The number of nitrogens with two attached hydrogens (primary N) is 2. The van der Waals surface area contributed by atoms with Crippen molar-refractivity contribution in [2.75, 3.05) is 31.3 Å². The molecule has 20 heteroatoms. The zero-order chi connectivity index (χ0) is 54.2. The van der Waals surface area contributed by atoms with Crippen LogP contribution in [-0.2, 0) is 25.7 Å². The summed E-state index contributed by atoms with van der Waals surface area (Å²) in [7, 11) is 0. The summed E-state index contributed by atoms with van der Waals surface area (Å²) in [5, 5.41) is 28.9. The minimum absolute atomic E-state index is 0.121. The number of nitrogens with zero attached hydrogens (tertiary/aromatic N) is 9. The molecule has 0 atom stereocenters. The summed E-state index contributed by atoms with van der Waals surface area (Å²) in [5.41, 5.74) is 20.5. The molecule has 9 rings (SSSR count). The van der Waals surface area contributed by atoms with Gasteiger partial charge in [-0.15, -0.1) is 22.7 Å². The molecule has 0 aliphatic rings. The number of anilines is 2. The van der Waals surface area contributed by atoms with Gasteiger partial charge in [0.25, 0.3) is 5.97 Å². The number of nitriles is 2. The van der Waals surface area contributed by atoms with Crippen molar-refractivity contribution in [3.63, 3.8) is 0 Å². The third kappa shape index (κ3) is 14.3. The standard InChI is InChI=1S/C25H17ClN6S2.C23H14ClN5S2.C8H18O3/c1-14-29-22(28)21-20(15-5-3-2-4-6-15)19(11-27)25(32-23(21)30-14)34-13-18-12-33-24(31-18)16-7-9-17(26)10-8-16;1-27-20-19(14-5-3-2-4-6-14)18(11-25)23(29-21(20)26)31-13-17-12-30-22(28-17)15-7-9-16(24)10-8-15;1-5-9-8(4,10-6-2)11-7-3/h2-10,12H,13H2,1H3,(H2,28,29,30,32);2-10,12H,13H2,(H2,26,29);5-7H2,1-4H3. The zero-order valence-electron chi connectivity index (χ0n) is 41.9. The molecule has 0 saturated carbocycles. The van der Waals surface area contributed by atoms with E-state index >= 15 is 0 Å².